The molecule has 0 spiro atoms. The van der Waals surface area contributed by atoms with Crippen LogP contribution in [0, 0.1) is 0 Å². The molecule has 0 saturated heterocycles. The topological polar surface area (TPSA) is 60.5 Å². The lowest BCUT2D eigenvalue weighted by atomic mass is 10.2. The van der Waals surface area contributed by atoms with Gasteiger partial charge in [-0.15, -0.1) is 0 Å². The molecule has 3 rings (SSSR count). The lowest BCUT2D eigenvalue weighted by molar-refractivity contribution is -0.116. The minimum absolute atomic E-state index is 0.0621. The number of hydrogen-bond acceptors (Lipinski definition) is 5. The van der Waals surface area contributed by atoms with E-state index in [1.807, 2.05) is 30.3 Å². The van der Waals surface area contributed by atoms with Gasteiger partial charge in [0.1, 0.15) is 17.0 Å². The van der Waals surface area contributed by atoms with Crippen molar-refractivity contribution in [3.8, 4) is 11.5 Å². The average molecular weight is 370 g/mol. The number of thiazole rings is 1. The zero-order valence-corrected chi connectivity index (χ0v) is 15.8. The van der Waals surface area contributed by atoms with Gasteiger partial charge in [-0.25, -0.2) is 4.98 Å². The molecule has 0 bridgehead atoms. The molecule has 0 aliphatic rings. The first-order valence-corrected chi connectivity index (χ1v) is 9.46. The Kier molecular flexibility index (Phi) is 6.07. The van der Waals surface area contributed by atoms with Gasteiger partial charge in [0.15, 0.2) is 5.13 Å². The fourth-order valence-corrected chi connectivity index (χ4v) is 3.47. The van der Waals surface area contributed by atoms with Crippen LogP contribution in [0.1, 0.15) is 25.3 Å². The van der Waals surface area contributed by atoms with E-state index in [4.69, 9.17) is 9.47 Å². The minimum atomic E-state index is -0.0621. The summed E-state index contributed by atoms with van der Waals surface area (Å²) in [7, 11) is 1.61. The average Bonchev–Trinajstić information content (AvgIpc) is 3.08. The summed E-state index contributed by atoms with van der Waals surface area (Å²) < 4.78 is 12.0. The van der Waals surface area contributed by atoms with Crippen molar-refractivity contribution in [2.24, 2.45) is 0 Å². The molecular weight excluding hydrogens is 348 g/mol. The van der Waals surface area contributed by atoms with Crippen LogP contribution in [0.2, 0.25) is 0 Å². The van der Waals surface area contributed by atoms with Gasteiger partial charge < -0.3 is 14.8 Å². The molecule has 0 aliphatic carbocycles. The predicted octanol–water partition coefficient (Wildman–Crippen LogP) is 4.67. The third-order valence-electron chi connectivity index (χ3n) is 4.00. The van der Waals surface area contributed by atoms with Gasteiger partial charge in [0.05, 0.1) is 18.4 Å². The molecule has 0 unspecified atom stereocenters. The van der Waals surface area contributed by atoms with Gasteiger partial charge in [0, 0.05) is 6.42 Å². The third-order valence-corrected chi connectivity index (χ3v) is 4.93. The molecule has 0 saturated carbocycles. The highest BCUT2D eigenvalue weighted by atomic mass is 32.1. The van der Waals surface area contributed by atoms with Gasteiger partial charge in [-0.1, -0.05) is 36.5 Å². The fourth-order valence-electron chi connectivity index (χ4n) is 2.57. The molecule has 136 valence electrons. The van der Waals surface area contributed by atoms with Crippen LogP contribution in [0.15, 0.2) is 42.5 Å². The highest BCUT2D eigenvalue weighted by molar-refractivity contribution is 7.22. The van der Waals surface area contributed by atoms with E-state index in [1.54, 1.807) is 7.11 Å². The monoisotopic (exact) mass is 370 g/mol. The van der Waals surface area contributed by atoms with Crippen LogP contribution in [0.5, 0.6) is 11.5 Å². The molecule has 1 amide bonds. The Hall–Kier alpha value is -2.60. The normalized spacial score (nSPS) is 10.7. The van der Waals surface area contributed by atoms with Gasteiger partial charge in [0.2, 0.25) is 5.91 Å². The number of ether oxygens (including phenoxy) is 2. The third kappa shape index (κ3) is 4.52. The Labute approximate surface area is 157 Å². The van der Waals surface area contributed by atoms with E-state index in [0.717, 1.165) is 22.4 Å². The molecular formula is C20H22N2O3S. The second-order valence-electron chi connectivity index (χ2n) is 5.82. The maximum absolute atomic E-state index is 12.1. The Balaban J connectivity index is 1.46. The van der Waals surface area contributed by atoms with Crippen LogP contribution in [0.25, 0.3) is 10.2 Å². The lowest BCUT2D eigenvalue weighted by Crippen LogP contribution is -2.12. The molecule has 0 aliphatic heterocycles. The second-order valence-corrected chi connectivity index (χ2v) is 6.85. The maximum atomic E-state index is 12.1. The Morgan fingerprint density at radius 3 is 2.73 bits per heavy atom. The number of nitrogens with zero attached hydrogens (tertiary/aromatic N) is 1. The number of anilines is 1. The largest absolute Gasteiger partial charge is 0.494 e. The summed E-state index contributed by atoms with van der Waals surface area (Å²) in [6, 6.07) is 13.8. The number of methoxy groups -OCH3 is 1. The fraction of sp³-hybridized carbons (Fsp3) is 0.300. The van der Waals surface area contributed by atoms with E-state index in [-0.39, 0.29) is 5.91 Å². The smallest absolute Gasteiger partial charge is 0.226 e. The number of amides is 1. The van der Waals surface area contributed by atoms with Crippen LogP contribution >= 0.6 is 11.3 Å². The highest BCUT2D eigenvalue weighted by Gasteiger charge is 2.10. The van der Waals surface area contributed by atoms with Crippen molar-refractivity contribution in [3.63, 3.8) is 0 Å². The molecule has 1 N–H and O–H groups in total. The molecule has 0 fully saturated rings. The Bertz CT molecular complexity index is 874. The van der Waals surface area contributed by atoms with Gasteiger partial charge in [-0.3, -0.25) is 4.79 Å². The van der Waals surface area contributed by atoms with Crippen LogP contribution in [0.3, 0.4) is 0 Å². The summed E-state index contributed by atoms with van der Waals surface area (Å²) in [6.07, 6.45) is 2.05. The van der Waals surface area contributed by atoms with Crippen molar-refractivity contribution in [2.75, 3.05) is 19.0 Å². The summed E-state index contributed by atoms with van der Waals surface area (Å²) in [5.74, 6) is 1.48. The number of hydrogen-bond donors (Lipinski definition) is 1. The molecule has 5 nitrogen and oxygen atoms in total. The summed E-state index contributed by atoms with van der Waals surface area (Å²) in [4.78, 5) is 16.6. The van der Waals surface area contributed by atoms with E-state index in [9.17, 15) is 4.79 Å². The number of carbonyl (C=O) groups is 1. The molecule has 3 aromatic rings. The number of carbonyl (C=O) groups excluding carboxylic acids is 1. The summed E-state index contributed by atoms with van der Waals surface area (Å²) in [5.41, 5.74) is 2.05. The number of aromatic nitrogens is 1. The Morgan fingerprint density at radius 1 is 1.19 bits per heavy atom. The van der Waals surface area contributed by atoms with Crippen molar-refractivity contribution in [1.82, 2.24) is 4.98 Å². The van der Waals surface area contributed by atoms with Crippen LogP contribution < -0.4 is 14.8 Å². The first-order valence-electron chi connectivity index (χ1n) is 8.64. The van der Waals surface area contributed by atoms with Gasteiger partial charge in [-0.2, -0.15) is 0 Å². The zero-order valence-electron chi connectivity index (χ0n) is 15.0. The molecule has 1 heterocycles. The van der Waals surface area contributed by atoms with Gasteiger partial charge >= 0.3 is 0 Å². The van der Waals surface area contributed by atoms with Crippen LogP contribution in [0.4, 0.5) is 5.13 Å². The summed E-state index contributed by atoms with van der Waals surface area (Å²) in [6.45, 7) is 2.63. The Morgan fingerprint density at radius 2 is 2.00 bits per heavy atom. The molecule has 1 aromatic heterocycles. The van der Waals surface area contributed by atoms with Crippen molar-refractivity contribution in [1.29, 1.82) is 0 Å². The van der Waals surface area contributed by atoms with E-state index in [1.165, 1.54) is 16.9 Å². The number of para-hydroxylation sites is 1. The van der Waals surface area contributed by atoms with E-state index in [2.05, 4.69) is 29.4 Å². The number of nitrogens with one attached hydrogen (secondary N) is 1. The van der Waals surface area contributed by atoms with Gasteiger partial charge in [0.25, 0.3) is 0 Å². The molecule has 6 heteroatoms. The van der Waals surface area contributed by atoms with Crippen molar-refractivity contribution in [3.05, 3.63) is 48.0 Å². The van der Waals surface area contributed by atoms with Gasteiger partial charge in [-0.05, 0) is 42.7 Å². The predicted molar refractivity (Wildman–Crippen MR) is 105 cm³/mol. The maximum Gasteiger partial charge on any atom is 0.226 e. The number of rotatable bonds is 8. The molecule has 0 atom stereocenters. The number of aryl methyl sites for hydroxylation is 1. The van der Waals surface area contributed by atoms with E-state index < -0.39 is 0 Å². The standard InChI is InChI=1S/C20H22N2O3S/c1-3-14-9-11-15(12-10-14)25-13-5-8-18(23)21-20-22-19-16(24-2)6-4-7-17(19)26-20/h4,6-7,9-12H,3,5,8,13H2,1-2H3,(H,21,22,23). The first-order chi connectivity index (χ1) is 12.7. The molecule has 2 aromatic carbocycles. The zero-order chi connectivity index (χ0) is 18.4. The summed E-state index contributed by atoms with van der Waals surface area (Å²) >= 11 is 1.44. The number of fused-ring (bicyclic) bond motifs is 1. The second kappa shape index (κ2) is 8.67. The molecule has 0 radical (unpaired) electrons. The molecule has 26 heavy (non-hydrogen) atoms. The minimum Gasteiger partial charge on any atom is -0.494 e. The number of benzene rings is 2. The summed E-state index contributed by atoms with van der Waals surface area (Å²) in [5, 5.41) is 3.44. The van der Waals surface area contributed by atoms with Crippen molar-refractivity contribution >= 4 is 32.6 Å². The quantitative estimate of drug-likeness (QED) is 0.586. The highest BCUT2D eigenvalue weighted by Crippen LogP contribution is 2.32. The lowest BCUT2D eigenvalue weighted by Gasteiger charge is -2.06. The van der Waals surface area contributed by atoms with E-state index in [0.29, 0.717) is 30.3 Å². The first kappa shape index (κ1) is 18.2. The van der Waals surface area contributed by atoms with Crippen LogP contribution in [-0.4, -0.2) is 24.6 Å². The van der Waals surface area contributed by atoms with Crippen molar-refractivity contribution in [2.45, 2.75) is 26.2 Å². The SMILES string of the molecule is CCc1ccc(OCCCC(=O)Nc2nc3c(OC)cccc3s2)cc1. The van der Waals surface area contributed by atoms with E-state index >= 15 is 0 Å². The van der Waals surface area contributed by atoms with Crippen LogP contribution in [-0.2, 0) is 11.2 Å². The van der Waals surface area contributed by atoms with Crippen molar-refractivity contribution < 1.29 is 14.3 Å².